The molecule has 1 saturated heterocycles. The molecule has 0 saturated carbocycles. The summed E-state index contributed by atoms with van der Waals surface area (Å²) in [6, 6.07) is 12.6. The van der Waals surface area contributed by atoms with E-state index in [1.54, 1.807) is 7.11 Å². The second kappa shape index (κ2) is 8.52. The van der Waals surface area contributed by atoms with Crippen molar-refractivity contribution in [2.75, 3.05) is 26.8 Å². The molecule has 1 heterocycles. The fourth-order valence-corrected chi connectivity index (χ4v) is 3.30. The third kappa shape index (κ3) is 4.80. The van der Waals surface area contributed by atoms with Gasteiger partial charge in [-0.3, -0.25) is 4.90 Å². The second-order valence-corrected chi connectivity index (χ2v) is 6.18. The van der Waals surface area contributed by atoms with Crippen LogP contribution in [-0.4, -0.2) is 49.8 Å². The van der Waals surface area contributed by atoms with E-state index < -0.39 is 0 Å². The minimum atomic E-state index is 0.556. The van der Waals surface area contributed by atoms with Crippen LogP contribution < -0.4 is 5.32 Å². The summed E-state index contributed by atoms with van der Waals surface area (Å²) in [5, 5.41) is 3.74. The summed E-state index contributed by atoms with van der Waals surface area (Å²) in [6.45, 7) is 7.72. The highest BCUT2D eigenvalue weighted by Gasteiger charge is 2.29. The van der Waals surface area contributed by atoms with Crippen LogP contribution in [-0.2, 0) is 11.2 Å². The van der Waals surface area contributed by atoms with Crippen molar-refractivity contribution in [1.29, 1.82) is 0 Å². The van der Waals surface area contributed by atoms with Crippen molar-refractivity contribution in [3.05, 3.63) is 35.9 Å². The van der Waals surface area contributed by atoms with Gasteiger partial charge < -0.3 is 10.1 Å². The maximum Gasteiger partial charge on any atom is 0.0477 e. The van der Waals surface area contributed by atoms with Crippen molar-refractivity contribution < 1.29 is 4.74 Å². The third-order valence-corrected chi connectivity index (χ3v) is 4.64. The van der Waals surface area contributed by atoms with E-state index >= 15 is 0 Å². The monoisotopic (exact) mass is 290 g/mol. The normalized spacial score (nSPS) is 24.9. The van der Waals surface area contributed by atoms with Crippen LogP contribution >= 0.6 is 0 Å². The summed E-state index contributed by atoms with van der Waals surface area (Å²) in [7, 11) is 1.79. The molecule has 1 aliphatic rings. The van der Waals surface area contributed by atoms with Crippen LogP contribution in [0.2, 0.25) is 0 Å². The lowest BCUT2D eigenvalue weighted by molar-refractivity contribution is 0.0660. The zero-order valence-electron chi connectivity index (χ0n) is 13.7. The average Bonchev–Trinajstić information content (AvgIpc) is 2.53. The van der Waals surface area contributed by atoms with Crippen LogP contribution in [0.1, 0.15) is 32.3 Å². The number of hydrogen-bond donors (Lipinski definition) is 1. The van der Waals surface area contributed by atoms with E-state index in [4.69, 9.17) is 4.74 Å². The number of rotatable bonds is 7. The number of methoxy groups -OCH3 is 1. The molecular formula is C18H30N2O. The summed E-state index contributed by atoms with van der Waals surface area (Å²) in [6.07, 6.45) is 3.44. The molecule has 3 atom stereocenters. The van der Waals surface area contributed by atoms with E-state index in [0.717, 1.165) is 32.5 Å². The van der Waals surface area contributed by atoms with Crippen LogP contribution in [0.3, 0.4) is 0 Å². The smallest absolute Gasteiger partial charge is 0.0477 e. The van der Waals surface area contributed by atoms with E-state index in [1.165, 1.54) is 12.0 Å². The van der Waals surface area contributed by atoms with Crippen LogP contribution in [0.4, 0.5) is 0 Å². The van der Waals surface area contributed by atoms with Crippen LogP contribution in [0.5, 0.6) is 0 Å². The van der Waals surface area contributed by atoms with Gasteiger partial charge in [0.2, 0.25) is 0 Å². The summed E-state index contributed by atoms with van der Waals surface area (Å²) < 4.78 is 5.25. The number of piperazine rings is 1. The fraction of sp³-hybridized carbons (Fsp3) is 0.667. The van der Waals surface area contributed by atoms with Crippen molar-refractivity contribution in [2.45, 2.75) is 51.2 Å². The van der Waals surface area contributed by atoms with E-state index in [2.05, 4.69) is 54.4 Å². The Morgan fingerprint density at radius 2 is 2.10 bits per heavy atom. The standard InChI is InChI=1S/C18H30N2O/c1-4-18-13-19-17(12-16-8-6-5-7-9-16)14-20(18)15(2)10-11-21-3/h5-9,15,17-19H,4,10-14H2,1-3H3. The Balaban J connectivity index is 1.94. The molecule has 0 radical (unpaired) electrons. The summed E-state index contributed by atoms with van der Waals surface area (Å²) >= 11 is 0. The Morgan fingerprint density at radius 3 is 2.76 bits per heavy atom. The highest BCUT2D eigenvalue weighted by molar-refractivity contribution is 5.16. The molecule has 21 heavy (non-hydrogen) atoms. The van der Waals surface area contributed by atoms with E-state index in [0.29, 0.717) is 18.1 Å². The molecule has 0 aromatic heterocycles. The van der Waals surface area contributed by atoms with Crippen molar-refractivity contribution in [1.82, 2.24) is 10.2 Å². The molecule has 1 N–H and O–H groups in total. The summed E-state index contributed by atoms with van der Waals surface area (Å²) in [4.78, 5) is 2.68. The van der Waals surface area contributed by atoms with Crippen LogP contribution in [0, 0.1) is 0 Å². The molecule has 118 valence electrons. The van der Waals surface area contributed by atoms with Crippen LogP contribution in [0.15, 0.2) is 30.3 Å². The van der Waals surface area contributed by atoms with Gasteiger partial charge in [-0.1, -0.05) is 37.3 Å². The first kappa shape index (κ1) is 16.5. The molecule has 0 spiro atoms. The van der Waals surface area contributed by atoms with Gasteiger partial charge in [-0.2, -0.15) is 0 Å². The van der Waals surface area contributed by atoms with Crippen LogP contribution in [0.25, 0.3) is 0 Å². The number of hydrogen-bond acceptors (Lipinski definition) is 3. The van der Waals surface area contributed by atoms with E-state index in [1.807, 2.05) is 0 Å². The van der Waals surface area contributed by atoms with Gasteiger partial charge >= 0.3 is 0 Å². The van der Waals surface area contributed by atoms with Crippen molar-refractivity contribution >= 4 is 0 Å². The number of benzene rings is 1. The van der Waals surface area contributed by atoms with Gasteiger partial charge in [0, 0.05) is 44.9 Å². The summed E-state index contributed by atoms with van der Waals surface area (Å²) in [5.41, 5.74) is 1.43. The fourth-order valence-electron chi connectivity index (χ4n) is 3.30. The van der Waals surface area contributed by atoms with Gasteiger partial charge in [-0.05, 0) is 31.7 Å². The minimum absolute atomic E-state index is 0.556. The third-order valence-electron chi connectivity index (χ3n) is 4.64. The lowest BCUT2D eigenvalue weighted by Crippen LogP contribution is -2.59. The molecule has 3 heteroatoms. The number of ether oxygens (including phenoxy) is 1. The number of nitrogens with zero attached hydrogens (tertiary/aromatic N) is 1. The summed E-state index contributed by atoms with van der Waals surface area (Å²) in [5.74, 6) is 0. The Bertz CT molecular complexity index is 395. The maximum atomic E-state index is 5.25. The number of nitrogens with one attached hydrogen (secondary N) is 1. The molecule has 1 aliphatic heterocycles. The second-order valence-electron chi connectivity index (χ2n) is 6.18. The molecule has 0 amide bonds. The Kier molecular flexibility index (Phi) is 6.68. The van der Waals surface area contributed by atoms with Gasteiger partial charge in [0.25, 0.3) is 0 Å². The van der Waals surface area contributed by atoms with Gasteiger partial charge in [-0.15, -0.1) is 0 Å². The van der Waals surface area contributed by atoms with Gasteiger partial charge in [-0.25, -0.2) is 0 Å². The van der Waals surface area contributed by atoms with Crippen molar-refractivity contribution in [3.63, 3.8) is 0 Å². The first-order chi connectivity index (χ1) is 10.2. The quantitative estimate of drug-likeness (QED) is 0.835. The first-order valence-electron chi connectivity index (χ1n) is 8.26. The lowest BCUT2D eigenvalue weighted by atomic mass is 9.98. The average molecular weight is 290 g/mol. The lowest BCUT2D eigenvalue weighted by Gasteiger charge is -2.43. The molecule has 0 bridgehead atoms. The zero-order chi connectivity index (χ0) is 15.1. The Labute approximate surface area is 129 Å². The molecule has 3 nitrogen and oxygen atoms in total. The molecule has 1 aromatic carbocycles. The first-order valence-corrected chi connectivity index (χ1v) is 8.26. The largest absolute Gasteiger partial charge is 0.385 e. The van der Waals surface area contributed by atoms with Gasteiger partial charge in [0.05, 0.1) is 0 Å². The molecule has 0 aliphatic carbocycles. The predicted octanol–water partition coefficient (Wildman–Crippen LogP) is 2.71. The Hall–Kier alpha value is -0.900. The molecule has 1 fully saturated rings. The minimum Gasteiger partial charge on any atom is -0.385 e. The van der Waals surface area contributed by atoms with E-state index in [-0.39, 0.29) is 0 Å². The predicted molar refractivity (Wildman–Crippen MR) is 88.7 cm³/mol. The van der Waals surface area contributed by atoms with Crippen molar-refractivity contribution in [3.8, 4) is 0 Å². The molecular weight excluding hydrogens is 260 g/mol. The van der Waals surface area contributed by atoms with Crippen molar-refractivity contribution in [2.24, 2.45) is 0 Å². The zero-order valence-corrected chi connectivity index (χ0v) is 13.7. The Morgan fingerprint density at radius 1 is 1.33 bits per heavy atom. The molecule has 2 rings (SSSR count). The highest BCUT2D eigenvalue weighted by Crippen LogP contribution is 2.18. The maximum absolute atomic E-state index is 5.25. The highest BCUT2D eigenvalue weighted by atomic mass is 16.5. The van der Waals surface area contributed by atoms with Gasteiger partial charge in [0.1, 0.15) is 0 Å². The topological polar surface area (TPSA) is 24.5 Å². The molecule has 3 unspecified atom stereocenters. The van der Waals surface area contributed by atoms with E-state index in [9.17, 15) is 0 Å². The SMILES string of the molecule is CCC1CNC(Cc2ccccc2)CN1C(C)CCOC. The molecule has 1 aromatic rings. The van der Waals surface area contributed by atoms with Gasteiger partial charge in [0.15, 0.2) is 0 Å².